The molecule has 0 radical (unpaired) electrons. The molecule has 5 nitrogen and oxygen atoms in total. The lowest BCUT2D eigenvalue weighted by molar-refractivity contribution is -0.222. The molecule has 1 N–H and O–H groups in total. The summed E-state index contributed by atoms with van der Waals surface area (Å²) in [5.41, 5.74) is 0. The van der Waals surface area contributed by atoms with Crippen molar-refractivity contribution in [1.29, 1.82) is 0 Å². The van der Waals surface area contributed by atoms with Crippen LogP contribution in [-0.4, -0.2) is 50.4 Å². The van der Waals surface area contributed by atoms with E-state index in [1.807, 2.05) is 13.8 Å². The lowest BCUT2D eigenvalue weighted by Crippen LogP contribution is -2.44. The first-order valence-electron chi connectivity index (χ1n) is 7.26. The zero-order chi connectivity index (χ0) is 15.3. The van der Waals surface area contributed by atoms with E-state index in [1.165, 1.54) is 0 Å². The van der Waals surface area contributed by atoms with Crippen molar-refractivity contribution in [2.45, 2.75) is 83.1 Å². The molecule has 0 aromatic rings. The first-order chi connectivity index (χ1) is 8.93. The molecule has 2 saturated heterocycles. The highest BCUT2D eigenvalue weighted by molar-refractivity contribution is 6.74. The Morgan fingerprint density at radius 1 is 1.15 bits per heavy atom. The van der Waals surface area contributed by atoms with Crippen LogP contribution in [0.1, 0.15) is 34.6 Å². The molecule has 0 aromatic heterocycles. The van der Waals surface area contributed by atoms with Gasteiger partial charge in [0.2, 0.25) is 0 Å². The van der Waals surface area contributed by atoms with Gasteiger partial charge in [-0.05, 0) is 32.0 Å². The van der Waals surface area contributed by atoms with Gasteiger partial charge in [-0.2, -0.15) is 0 Å². The van der Waals surface area contributed by atoms with Crippen molar-refractivity contribution in [2.75, 3.05) is 6.61 Å². The summed E-state index contributed by atoms with van der Waals surface area (Å²) < 4.78 is 23.2. The molecule has 2 aliphatic rings. The molecule has 2 heterocycles. The fourth-order valence-corrected chi connectivity index (χ4v) is 3.31. The average Bonchev–Trinajstić information content (AvgIpc) is 2.70. The van der Waals surface area contributed by atoms with Gasteiger partial charge in [0.1, 0.15) is 18.3 Å². The third-order valence-electron chi connectivity index (χ3n) is 4.54. The Balaban J connectivity index is 1.98. The fraction of sp³-hybridized carbons (Fsp3) is 1.00. The maximum Gasteiger partial charge on any atom is 0.192 e. The zero-order valence-corrected chi connectivity index (χ0v) is 14.6. The van der Waals surface area contributed by atoms with Crippen LogP contribution in [0.4, 0.5) is 0 Å². The first kappa shape index (κ1) is 16.4. The predicted molar refractivity (Wildman–Crippen MR) is 77.9 cm³/mol. The average molecular weight is 304 g/mol. The second-order valence-corrected chi connectivity index (χ2v) is 12.5. The molecule has 4 atom stereocenters. The van der Waals surface area contributed by atoms with Crippen LogP contribution in [0.15, 0.2) is 0 Å². The van der Waals surface area contributed by atoms with E-state index in [2.05, 4.69) is 33.9 Å². The molecule has 118 valence electrons. The SMILES string of the molecule is CC1(C)O[C@@H]2[C@@H](CO[Si](C)(C)C(C)(C)C)OC(O)[C@@H]2O1. The molecule has 0 saturated carbocycles. The largest absolute Gasteiger partial charge is 0.414 e. The van der Waals surface area contributed by atoms with Crippen molar-refractivity contribution < 1.29 is 23.7 Å². The molecular formula is C14H28O5Si. The third kappa shape index (κ3) is 3.10. The van der Waals surface area contributed by atoms with Crippen LogP contribution in [-0.2, 0) is 18.6 Å². The van der Waals surface area contributed by atoms with Crippen LogP contribution in [0.5, 0.6) is 0 Å². The number of hydrogen-bond donors (Lipinski definition) is 1. The summed E-state index contributed by atoms with van der Waals surface area (Å²) in [5.74, 6) is -0.671. The molecule has 0 spiro atoms. The van der Waals surface area contributed by atoms with E-state index >= 15 is 0 Å². The summed E-state index contributed by atoms with van der Waals surface area (Å²) in [7, 11) is -1.83. The van der Waals surface area contributed by atoms with Crippen LogP contribution >= 0.6 is 0 Å². The number of rotatable bonds is 3. The van der Waals surface area contributed by atoms with E-state index in [0.717, 1.165) is 0 Å². The number of hydrogen-bond acceptors (Lipinski definition) is 5. The molecule has 0 aromatic carbocycles. The van der Waals surface area contributed by atoms with Gasteiger partial charge < -0.3 is 23.7 Å². The highest BCUT2D eigenvalue weighted by Gasteiger charge is 2.55. The maximum absolute atomic E-state index is 9.92. The van der Waals surface area contributed by atoms with E-state index in [0.29, 0.717) is 6.61 Å². The van der Waals surface area contributed by atoms with Crippen molar-refractivity contribution in [3.63, 3.8) is 0 Å². The predicted octanol–water partition coefficient (Wildman–Crippen LogP) is 2.25. The Morgan fingerprint density at radius 3 is 2.25 bits per heavy atom. The normalized spacial score (nSPS) is 37.2. The monoisotopic (exact) mass is 304 g/mol. The Kier molecular flexibility index (Phi) is 4.13. The molecule has 6 heteroatoms. The Hall–Kier alpha value is 0.0169. The second kappa shape index (κ2) is 5.03. The van der Waals surface area contributed by atoms with Gasteiger partial charge in [0.05, 0.1) is 6.61 Å². The molecule has 1 unspecified atom stereocenters. The van der Waals surface area contributed by atoms with Crippen LogP contribution in [0.25, 0.3) is 0 Å². The maximum atomic E-state index is 9.92. The molecule has 20 heavy (non-hydrogen) atoms. The lowest BCUT2D eigenvalue weighted by atomic mass is 10.1. The van der Waals surface area contributed by atoms with Gasteiger partial charge >= 0.3 is 0 Å². The highest BCUT2D eigenvalue weighted by atomic mass is 28.4. The van der Waals surface area contributed by atoms with Gasteiger partial charge in [-0.1, -0.05) is 20.8 Å². The Bertz CT molecular complexity index is 363. The number of fused-ring (bicyclic) bond motifs is 1. The molecule has 0 amide bonds. The summed E-state index contributed by atoms with van der Waals surface area (Å²) in [6.45, 7) is 15.1. The van der Waals surface area contributed by atoms with E-state index in [1.54, 1.807) is 0 Å². The number of ether oxygens (including phenoxy) is 3. The van der Waals surface area contributed by atoms with E-state index in [9.17, 15) is 5.11 Å². The van der Waals surface area contributed by atoms with E-state index < -0.39 is 26.5 Å². The molecule has 2 aliphatic heterocycles. The van der Waals surface area contributed by atoms with Crippen LogP contribution in [0, 0.1) is 0 Å². The minimum Gasteiger partial charge on any atom is -0.414 e. The fourth-order valence-electron chi connectivity index (χ4n) is 2.30. The second-order valence-electron chi connectivity index (χ2n) is 7.70. The van der Waals surface area contributed by atoms with Crippen molar-refractivity contribution in [1.82, 2.24) is 0 Å². The van der Waals surface area contributed by atoms with E-state index in [-0.39, 0.29) is 17.2 Å². The molecule has 2 fully saturated rings. The van der Waals surface area contributed by atoms with Crippen molar-refractivity contribution >= 4 is 8.32 Å². The summed E-state index contributed by atoms with van der Waals surface area (Å²) in [6, 6.07) is 0. The first-order valence-corrected chi connectivity index (χ1v) is 10.2. The highest BCUT2D eigenvalue weighted by Crippen LogP contribution is 2.40. The summed E-state index contributed by atoms with van der Waals surface area (Å²) >= 11 is 0. The molecule has 0 aliphatic carbocycles. The van der Waals surface area contributed by atoms with Gasteiger partial charge in [0.25, 0.3) is 0 Å². The van der Waals surface area contributed by atoms with Crippen molar-refractivity contribution in [3.8, 4) is 0 Å². The van der Waals surface area contributed by atoms with Crippen LogP contribution < -0.4 is 0 Å². The summed E-state index contributed by atoms with van der Waals surface area (Å²) in [6.07, 6.45) is -1.89. The summed E-state index contributed by atoms with van der Waals surface area (Å²) in [4.78, 5) is 0. The van der Waals surface area contributed by atoms with Crippen LogP contribution in [0.3, 0.4) is 0 Å². The van der Waals surface area contributed by atoms with Gasteiger partial charge in [0.15, 0.2) is 20.4 Å². The van der Waals surface area contributed by atoms with Gasteiger partial charge in [-0.25, -0.2) is 0 Å². The zero-order valence-electron chi connectivity index (χ0n) is 13.6. The number of aliphatic hydroxyl groups excluding tert-OH is 1. The third-order valence-corrected chi connectivity index (χ3v) is 9.04. The van der Waals surface area contributed by atoms with E-state index in [4.69, 9.17) is 18.6 Å². The summed E-state index contributed by atoms with van der Waals surface area (Å²) in [5, 5.41) is 10.1. The molecule has 2 rings (SSSR count). The smallest absolute Gasteiger partial charge is 0.192 e. The minimum absolute atomic E-state index is 0.149. The Morgan fingerprint density at radius 2 is 1.70 bits per heavy atom. The van der Waals surface area contributed by atoms with Gasteiger partial charge in [0, 0.05) is 0 Å². The molecular weight excluding hydrogens is 276 g/mol. The number of aliphatic hydroxyl groups is 1. The quantitative estimate of drug-likeness (QED) is 0.810. The van der Waals surface area contributed by atoms with Crippen molar-refractivity contribution in [2.24, 2.45) is 0 Å². The van der Waals surface area contributed by atoms with Gasteiger partial charge in [-0.3, -0.25) is 0 Å². The van der Waals surface area contributed by atoms with Gasteiger partial charge in [-0.15, -0.1) is 0 Å². The Labute approximate surface area is 122 Å². The molecule has 0 bridgehead atoms. The minimum atomic E-state index is -1.83. The van der Waals surface area contributed by atoms with Crippen LogP contribution in [0.2, 0.25) is 18.1 Å². The van der Waals surface area contributed by atoms with Crippen molar-refractivity contribution in [3.05, 3.63) is 0 Å². The standard InChI is InChI=1S/C14H28O5Si/c1-13(2,3)20(6,7)16-8-9-10-11(12(15)17-9)19-14(4,5)18-10/h9-12,15H,8H2,1-7H3/t9-,10-,11-,12?/m1/s1. The topological polar surface area (TPSA) is 57.2 Å². The lowest BCUT2D eigenvalue weighted by Gasteiger charge is -2.37.